The summed E-state index contributed by atoms with van der Waals surface area (Å²) in [6, 6.07) is 0. The third kappa shape index (κ3) is 72.3. The average Bonchev–Trinajstić information content (AvgIpc) is 0.965. The van der Waals surface area contributed by atoms with Crippen LogP contribution in [-0.2, 0) is 65.4 Å². The summed E-state index contributed by atoms with van der Waals surface area (Å²) in [5.74, 6) is -2.21. The fourth-order valence-electron chi connectivity index (χ4n) is 10.5. The average molecular weight is 1450 g/mol. The number of rotatable bonds is 74. The molecule has 3 N–H and O–H groups in total. The van der Waals surface area contributed by atoms with Gasteiger partial charge >= 0.3 is 39.5 Å². The van der Waals surface area contributed by atoms with Gasteiger partial charge in [-0.3, -0.25) is 37.3 Å². The van der Waals surface area contributed by atoms with Gasteiger partial charge in [-0.15, -0.1) is 0 Å². The van der Waals surface area contributed by atoms with Gasteiger partial charge < -0.3 is 33.8 Å². The molecular formula is C81H142O17P2. The summed E-state index contributed by atoms with van der Waals surface area (Å²) in [5, 5.41) is 10.6. The molecule has 17 nitrogen and oxygen atoms in total. The summed E-state index contributed by atoms with van der Waals surface area (Å²) in [5.41, 5.74) is 0. The minimum Gasteiger partial charge on any atom is -0.462 e. The molecule has 0 aromatic heterocycles. The first-order valence-electron chi connectivity index (χ1n) is 39.5. The van der Waals surface area contributed by atoms with Crippen LogP contribution in [0.15, 0.2) is 97.2 Å². The van der Waals surface area contributed by atoms with Crippen LogP contribution in [0.3, 0.4) is 0 Å². The highest BCUT2D eigenvalue weighted by Gasteiger charge is 2.30. The van der Waals surface area contributed by atoms with E-state index in [0.717, 1.165) is 173 Å². The number of carbonyl (C=O) groups excluding carboxylic acids is 4. The van der Waals surface area contributed by atoms with Crippen molar-refractivity contribution in [1.82, 2.24) is 0 Å². The standard InChI is InChI=1S/C81H142O17P2/c1-5-9-13-17-21-25-29-33-36-37-40-43-46-50-54-58-62-66-79(84)92-71-76(97-80(85)67-63-59-55-51-47-41-32-28-24-20-16-12-8-4)73-95-99(87,88)93-69-75(82)70-94-100(89,90)96-74-77(98-81(86)68-64-60-56-52-48-44-39-35-31-27-23-19-15-11-7-3)72-91-78(83)65-61-57-53-49-45-42-38-34-30-26-22-18-14-10-6-2/h9,13,16,20-22,25-26,28,32-34,36,38,40,43,75-77,82H,5-8,10-12,14-15,17-19,23-24,27,29-31,35,37,39,41-42,44-74H2,1-4H3,(H,87,88)(H,89,90)/b13-9-,20-16-,25-21-,26-22-,32-28-,36-33-,38-34-,43-40-. The van der Waals surface area contributed by atoms with E-state index in [4.69, 9.17) is 37.0 Å². The summed E-state index contributed by atoms with van der Waals surface area (Å²) in [6.07, 6.45) is 76.7. The zero-order valence-corrected chi connectivity index (χ0v) is 64.9. The zero-order valence-electron chi connectivity index (χ0n) is 63.1. The van der Waals surface area contributed by atoms with E-state index in [2.05, 4.69) is 125 Å². The Bertz CT molecular complexity index is 2270. The number of aliphatic hydroxyl groups is 1. The predicted octanol–water partition coefficient (Wildman–Crippen LogP) is 22.8. The first kappa shape index (κ1) is 96.0. The van der Waals surface area contributed by atoms with Gasteiger partial charge in [0.05, 0.1) is 26.4 Å². The van der Waals surface area contributed by atoms with E-state index >= 15 is 0 Å². The molecule has 0 heterocycles. The maximum absolute atomic E-state index is 13.1. The number of phosphoric ester groups is 2. The summed E-state index contributed by atoms with van der Waals surface area (Å²) < 4.78 is 68.5. The van der Waals surface area contributed by atoms with Crippen molar-refractivity contribution in [3.63, 3.8) is 0 Å². The molecule has 0 aromatic carbocycles. The van der Waals surface area contributed by atoms with Gasteiger partial charge in [-0.2, -0.15) is 0 Å². The number of hydrogen-bond donors (Lipinski definition) is 3. The Morgan fingerprint density at radius 1 is 0.290 bits per heavy atom. The van der Waals surface area contributed by atoms with Gasteiger partial charge in [0, 0.05) is 25.7 Å². The molecule has 0 aromatic rings. The second kappa shape index (κ2) is 73.3. The maximum atomic E-state index is 13.1. The molecule has 5 atom stereocenters. The Hall–Kier alpha value is -4.02. The van der Waals surface area contributed by atoms with Crippen LogP contribution >= 0.6 is 15.6 Å². The number of hydrogen-bond acceptors (Lipinski definition) is 15. The lowest BCUT2D eigenvalue weighted by Gasteiger charge is -2.21. The van der Waals surface area contributed by atoms with Crippen molar-refractivity contribution < 1.29 is 80.2 Å². The molecule has 0 aliphatic heterocycles. The summed E-state index contributed by atoms with van der Waals surface area (Å²) >= 11 is 0. The van der Waals surface area contributed by atoms with Crippen LogP contribution in [0.25, 0.3) is 0 Å². The van der Waals surface area contributed by atoms with Gasteiger partial charge in [-0.1, -0.05) is 285 Å². The molecule has 100 heavy (non-hydrogen) atoms. The predicted molar refractivity (Wildman–Crippen MR) is 409 cm³/mol. The molecule has 0 rings (SSSR count). The van der Waals surface area contributed by atoms with Crippen LogP contribution in [0, 0.1) is 0 Å². The second-order valence-electron chi connectivity index (χ2n) is 26.3. The van der Waals surface area contributed by atoms with Gasteiger partial charge in [0.25, 0.3) is 0 Å². The van der Waals surface area contributed by atoms with E-state index in [1.54, 1.807) is 0 Å². The summed E-state index contributed by atoms with van der Waals surface area (Å²) in [6.45, 7) is 4.65. The number of phosphoric acid groups is 2. The number of aliphatic hydroxyl groups excluding tert-OH is 1. The first-order chi connectivity index (χ1) is 48.7. The fourth-order valence-corrected chi connectivity index (χ4v) is 12.1. The highest BCUT2D eigenvalue weighted by atomic mass is 31.2. The largest absolute Gasteiger partial charge is 0.472 e. The van der Waals surface area contributed by atoms with Crippen molar-refractivity contribution in [2.45, 2.75) is 354 Å². The van der Waals surface area contributed by atoms with Crippen molar-refractivity contribution in [3.05, 3.63) is 97.2 Å². The smallest absolute Gasteiger partial charge is 0.462 e. The number of carbonyl (C=O) groups is 4. The quantitative estimate of drug-likeness (QED) is 0.0169. The molecule has 0 fully saturated rings. The van der Waals surface area contributed by atoms with Crippen molar-refractivity contribution in [1.29, 1.82) is 0 Å². The molecule has 0 aliphatic carbocycles. The van der Waals surface area contributed by atoms with Gasteiger partial charge in [0.1, 0.15) is 19.3 Å². The lowest BCUT2D eigenvalue weighted by Crippen LogP contribution is -2.30. The third-order valence-electron chi connectivity index (χ3n) is 16.5. The third-order valence-corrected chi connectivity index (χ3v) is 18.4. The van der Waals surface area contributed by atoms with Gasteiger partial charge in [-0.05, 0) is 122 Å². The summed E-state index contributed by atoms with van der Waals surface area (Å²) in [7, 11) is -9.96. The van der Waals surface area contributed by atoms with E-state index in [0.29, 0.717) is 25.7 Å². The number of allylic oxidation sites excluding steroid dienone is 16. The van der Waals surface area contributed by atoms with Crippen LogP contribution in [-0.4, -0.2) is 96.7 Å². The highest BCUT2D eigenvalue weighted by Crippen LogP contribution is 2.45. The Morgan fingerprint density at radius 2 is 0.540 bits per heavy atom. The minimum absolute atomic E-state index is 0.0727. The molecular weight excluding hydrogens is 1310 g/mol. The maximum Gasteiger partial charge on any atom is 0.472 e. The van der Waals surface area contributed by atoms with Crippen molar-refractivity contribution >= 4 is 39.5 Å². The van der Waals surface area contributed by atoms with E-state index in [9.17, 15) is 43.2 Å². The van der Waals surface area contributed by atoms with Gasteiger partial charge in [0.15, 0.2) is 12.2 Å². The fraction of sp³-hybridized carbons (Fsp3) is 0.753. The Morgan fingerprint density at radius 3 is 0.860 bits per heavy atom. The Kier molecular flexibility index (Phi) is 70.4. The van der Waals surface area contributed by atoms with E-state index in [1.165, 1.54) is 83.5 Å². The number of esters is 4. The molecule has 0 radical (unpaired) electrons. The zero-order chi connectivity index (χ0) is 73.2. The highest BCUT2D eigenvalue weighted by molar-refractivity contribution is 7.47. The van der Waals surface area contributed by atoms with Crippen LogP contribution in [0.1, 0.15) is 336 Å². The van der Waals surface area contributed by atoms with Gasteiger partial charge in [-0.25, -0.2) is 9.13 Å². The SMILES string of the molecule is CC/C=C\C/C=C\C/C=C\C/C=C\CCCCCCC(=O)OCC(COP(=O)(O)OCC(O)COP(=O)(O)OCC(COC(=O)CCCCCCC/C=C\C/C=C\CCCCC)OC(=O)CCCCCCCCCCCCCCCCC)OC(=O)CCCCCCC/C=C\C/C=C\CCC. The molecule has 0 aliphatic rings. The monoisotopic (exact) mass is 1450 g/mol. The van der Waals surface area contributed by atoms with E-state index in [1.807, 2.05) is 0 Å². The number of ether oxygens (including phenoxy) is 4. The Balaban J connectivity index is 5.37. The minimum atomic E-state index is -4.98. The molecule has 578 valence electrons. The lowest BCUT2D eigenvalue weighted by molar-refractivity contribution is -0.161. The van der Waals surface area contributed by atoms with E-state index < -0.39 is 97.5 Å². The van der Waals surface area contributed by atoms with Crippen LogP contribution in [0.2, 0.25) is 0 Å². The van der Waals surface area contributed by atoms with Crippen molar-refractivity contribution in [2.75, 3.05) is 39.6 Å². The molecule has 0 spiro atoms. The van der Waals surface area contributed by atoms with Crippen molar-refractivity contribution in [2.24, 2.45) is 0 Å². The lowest BCUT2D eigenvalue weighted by atomic mass is 10.0. The summed E-state index contributed by atoms with van der Waals surface area (Å²) in [4.78, 5) is 72.9. The van der Waals surface area contributed by atoms with Crippen LogP contribution < -0.4 is 0 Å². The topological polar surface area (TPSA) is 237 Å². The molecule has 0 amide bonds. The second-order valence-corrected chi connectivity index (χ2v) is 29.2. The van der Waals surface area contributed by atoms with Crippen LogP contribution in [0.4, 0.5) is 0 Å². The molecule has 0 bridgehead atoms. The van der Waals surface area contributed by atoms with E-state index in [-0.39, 0.29) is 25.7 Å². The first-order valence-corrected chi connectivity index (χ1v) is 42.5. The Labute approximate surface area is 607 Å². The normalized spacial score (nSPS) is 14.4. The molecule has 0 saturated heterocycles. The number of unbranched alkanes of at least 4 members (excludes halogenated alkanes) is 32. The molecule has 19 heteroatoms. The molecule has 0 saturated carbocycles. The van der Waals surface area contributed by atoms with Crippen LogP contribution in [0.5, 0.6) is 0 Å². The van der Waals surface area contributed by atoms with Crippen molar-refractivity contribution in [3.8, 4) is 0 Å². The molecule has 5 unspecified atom stereocenters. The van der Waals surface area contributed by atoms with Gasteiger partial charge in [0.2, 0.25) is 0 Å².